The van der Waals surface area contributed by atoms with E-state index in [-0.39, 0.29) is 18.6 Å². The zero-order chi connectivity index (χ0) is 15.8. The van der Waals surface area contributed by atoms with Crippen LogP contribution >= 0.6 is 0 Å². The van der Waals surface area contributed by atoms with Crippen LogP contribution in [-0.4, -0.2) is 23.7 Å². The van der Waals surface area contributed by atoms with Crippen molar-refractivity contribution < 1.29 is 9.90 Å². The highest BCUT2D eigenvalue weighted by atomic mass is 16.3. The molecule has 116 valence electrons. The predicted octanol–water partition coefficient (Wildman–Crippen LogP) is 3.17. The fourth-order valence-electron chi connectivity index (χ4n) is 2.44. The maximum atomic E-state index is 12.0. The Morgan fingerprint density at radius 3 is 2.27 bits per heavy atom. The molecule has 22 heavy (non-hydrogen) atoms. The van der Waals surface area contributed by atoms with Crippen LogP contribution in [0.25, 0.3) is 11.1 Å². The lowest BCUT2D eigenvalue weighted by Crippen LogP contribution is -2.36. The monoisotopic (exact) mass is 297 g/mol. The molecule has 0 saturated heterocycles. The van der Waals surface area contributed by atoms with Crippen LogP contribution in [0.2, 0.25) is 0 Å². The van der Waals surface area contributed by atoms with Crippen molar-refractivity contribution in [2.45, 2.75) is 32.2 Å². The number of carbonyl (C=O) groups excluding carboxylic acids is 1. The van der Waals surface area contributed by atoms with Gasteiger partial charge in [-0.1, -0.05) is 61.5 Å². The third-order valence-corrected chi connectivity index (χ3v) is 3.76. The first-order valence-electron chi connectivity index (χ1n) is 7.77. The molecule has 0 aliphatic carbocycles. The van der Waals surface area contributed by atoms with Crippen LogP contribution < -0.4 is 5.32 Å². The molecule has 3 heteroatoms. The molecule has 3 nitrogen and oxygen atoms in total. The molecule has 1 amide bonds. The molecule has 0 aromatic heterocycles. The average molecular weight is 297 g/mol. The zero-order valence-corrected chi connectivity index (χ0v) is 13.0. The van der Waals surface area contributed by atoms with Crippen LogP contribution in [0, 0.1) is 0 Å². The van der Waals surface area contributed by atoms with Crippen molar-refractivity contribution in [3.63, 3.8) is 0 Å². The minimum Gasteiger partial charge on any atom is -0.396 e. The number of rotatable bonds is 7. The van der Waals surface area contributed by atoms with Crippen LogP contribution in [0.15, 0.2) is 54.6 Å². The molecule has 2 N–H and O–H groups in total. The third-order valence-electron chi connectivity index (χ3n) is 3.76. The summed E-state index contributed by atoms with van der Waals surface area (Å²) in [6, 6.07) is 18.3. The highest BCUT2D eigenvalue weighted by molar-refractivity contribution is 5.79. The Labute approximate surface area is 132 Å². The van der Waals surface area contributed by atoms with Gasteiger partial charge in [0.25, 0.3) is 0 Å². The quantitative estimate of drug-likeness (QED) is 0.824. The molecule has 0 spiro atoms. The minimum atomic E-state index is 0.00719. The predicted molar refractivity (Wildman–Crippen MR) is 89.5 cm³/mol. The van der Waals surface area contributed by atoms with E-state index in [2.05, 4.69) is 17.4 Å². The molecule has 0 bridgehead atoms. The normalized spacial score (nSPS) is 11.9. The summed E-state index contributed by atoms with van der Waals surface area (Å²) in [5, 5.41) is 11.9. The van der Waals surface area contributed by atoms with E-state index < -0.39 is 0 Å². The van der Waals surface area contributed by atoms with E-state index in [4.69, 9.17) is 5.11 Å². The SMILES string of the molecule is CCC(CCO)NC(=O)Cc1ccc(-c2ccccc2)cc1. The molecule has 0 fully saturated rings. The highest BCUT2D eigenvalue weighted by Gasteiger charge is 2.10. The Bertz CT molecular complexity index is 578. The van der Waals surface area contributed by atoms with E-state index in [9.17, 15) is 4.79 Å². The Kier molecular flexibility index (Phi) is 6.16. The van der Waals surface area contributed by atoms with Gasteiger partial charge < -0.3 is 10.4 Å². The largest absolute Gasteiger partial charge is 0.396 e. The van der Waals surface area contributed by atoms with Gasteiger partial charge >= 0.3 is 0 Å². The van der Waals surface area contributed by atoms with Gasteiger partial charge in [0, 0.05) is 12.6 Å². The molecule has 1 atom stereocenters. The van der Waals surface area contributed by atoms with Crippen molar-refractivity contribution in [1.82, 2.24) is 5.32 Å². The molecule has 1 unspecified atom stereocenters. The zero-order valence-electron chi connectivity index (χ0n) is 13.0. The maximum Gasteiger partial charge on any atom is 0.224 e. The van der Waals surface area contributed by atoms with Crippen LogP contribution in [0.4, 0.5) is 0 Å². The van der Waals surface area contributed by atoms with Crippen LogP contribution in [0.1, 0.15) is 25.3 Å². The topological polar surface area (TPSA) is 49.3 Å². The summed E-state index contributed by atoms with van der Waals surface area (Å²) in [7, 11) is 0. The van der Waals surface area contributed by atoms with Gasteiger partial charge in [0.2, 0.25) is 5.91 Å². The second kappa shape index (κ2) is 8.35. The summed E-state index contributed by atoms with van der Waals surface area (Å²) in [5.74, 6) is 0.00719. The third kappa shape index (κ3) is 4.71. The first-order chi connectivity index (χ1) is 10.7. The standard InChI is InChI=1S/C19H23NO2/c1-2-18(12-13-21)20-19(22)14-15-8-10-17(11-9-15)16-6-4-3-5-7-16/h3-11,18,21H,2,12-14H2,1H3,(H,20,22). The Balaban J connectivity index is 1.95. The summed E-state index contributed by atoms with van der Waals surface area (Å²) in [5.41, 5.74) is 3.32. The van der Waals surface area contributed by atoms with Crippen molar-refractivity contribution in [2.75, 3.05) is 6.61 Å². The lowest BCUT2D eigenvalue weighted by atomic mass is 10.0. The van der Waals surface area contributed by atoms with Gasteiger partial charge in [0.05, 0.1) is 6.42 Å². The number of nitrogens with one attached hydrogen (secondary N) is 1. The van der Waals surface area contributed by atoms with E-state index in [1.807, 2.05) is 49.4 Å². The van der Waals surface area contributed by atoms with E-state index in [1.54, 1.807) is 0 Å². The second-order valence-electron chi connectivity index (χ2n) is 5.42. The van der Waals surface area contributed by atoms with Crippen molar-refractivity contribution in [1.29, 1.82) is 0 Å². The van der Waals surface area contributed by atoms with E-state index >= 15 is 0 Å². The van der Waals surface area contributed by atoms with Crippen molar-refractivity contribution in [2.24, 2.45) is 0 Å². The van der Waals surface area contributed by atoms with Crippen LogP contribution in [0.5, 0.6) is 0 Å². The van der Waals surface area contributed by atoms with E-state index in [0.29, 0.717) is 12.8 Å². The number of hydrogen-bond donors (Lipinski definition) is 2. The number of benzene rings is 2. The van der Waals surface area contributed by atoms with E-state index in [1.165, 1.54) is 5.56 Å². The van der Waals surface area contributed by atoms with Crippen LogP contribution in [0.3, 0.4) is 0 Å². The fraction of sp³-hybridized carbons (Fsp3) is 0.316. The molecule has 2 aromatic carbocycles. The van der Waals surface area contributed by atoms with Crippen molar-refractivity contribution in [3.8, 4) is 11.1 Å². The Hall–Kier alpha value is -2.13. The molecule has 2 rings (SSSR count). The minimum absolute atomic E-state index is 0.00719. The molecule has 0 saturated carbocycles. The Morgan fingerprint density at radius 2 is 1.68 bits per heavy atom. The average Bonchev–Trinajstić information content (AvgIpc) is 2.56. The second-order valence-corrected chi connectivity index (χ2v) is 5.42. The number of aliphatic hydroxyl groups excluding tert-OH is 1. The molecule has 0 aliphatic rings. The fourth-order valence-corrected chi connectivity index (χ4v) is 2.44. The number of aliphatic hydroxyl groups is 1. The molecular formula is C19H23NO2. The van der Waals surface area contributed by atoms with E-state index in [0.717, 1.165) is 17.5 Å². The lowest BCUT2D eigenvalue weighted by Gasteiger charge is -2.15. The van der Waals surface area contributed by atoms with Crippen molar-refractivity contribution in [3.05, 3.63) is 60.2 Å². The summed E-state index contributed by atoms with van der Waals surface area (Å²) < 4.78 is 0. The number of hydrogen-bond acceptors (Lipinski definition) is 2. The van der Waals surface area contributed by atoms with Crippen LogP contribution in [-0.2, 0) is 11.2 Å². The number of amides is 1. The molecule has 2 aromatic rings. The van der Waals surface area contributed by atoms with Gasteiger partial charge in [-0.15, -0.1) is 0 Å². The summed E-state index contributed by atoms with van der Waals surface area (Å²) in [6.45, 7) is 2.11. The molecule has 0 heterocycles. The lowest BCUT2D eigenvalue weighted by molar-refractivity contribution is -0.121. The van der Waals surface area contributed by atoms with Gasteiger partial charge in [0.15, 0.2) is 0 Å². The maximum absolute atomic E-state index is 12.0. The van der Waals surface area contributed by atoms with Gasteiger partial charge in [-0.3, -0.25) is 4.79 Å². The summed E-state index contributed by atoms with van der Waals surface area (Å²) >= 11 is 0. The Morgan fingerprint density at radius 1 is 1.05 bits per heavy atom. The summed E-state index contributed by atoms with van der Waals surface area (Å²) in [6.07, 6.45) is 1.81. The number of carbonyl (C=O) groups is 1. The molecular weight excluding hydrogens is 274 g/mol. The first kappa shape index (κ1) is 16.2. The van der Waals surface area contributed by atoms with Gasteiger partial charge in [-0.05, 0) is 29.5 Å². The highest BCUT2D eigenvalue weighted by Crippen LogP contribution is 2.19. The first-order valence-corrected chi connectivity index (χ1v) is 7.77. The van der Waals surface area contributed by atoms with Gasteiger partial charge in [-0.25, -0.2) is 0 Å². The van der Waals surface area contributed by atoms with Gasteiger partial charge in [0.1, 0.15) is 0 Å². The smallest absolute Gasteiger partial charge is 0.224 e. The van der Waals surface area contributed by atoms with Crippen molar-refractivity contribution >= 4 is 5.91 Å². The molecule has 0 aliphatic heterocycles. The molecule has 0 radical (unpaired) electrons. The van der Waals surface area contributed by atoms with Gasteiger partial charge in [-0.2, -0.15) is 0 Å². The summed E-state index contributed by atoms with van der Waals surface area (Å²) in [4.78, 5) is 12.0.